The summed E-state index contributed by atoms with van der Waals surface area (Å²) in [6.45, 7) is 2.57. The maximum atomic E-state index is 13.1. The van der Waals surface area contributed by atoms with Crippen molar-refractivity contribution in [1.82, 2.24) is 19.9 Å². The van der Waals surface area contributed by atoms with Crippen molar-refractivity contribution in [3.8, 4) is 11.3 Å². The number of halogens is 4. The van der Waals surface area contributed by atoms with Gasteiger partial charge in [-0.05, 0) is 44.2 Å². The first-order valence-electron chi connectivity index (χ1n) is 7.65. The molecule has 1 amide bonds. The summed E-state index contributed by atoms with van der Waals surface area (Å²) in [4.78, 5) is 16.5. The molecule has 0 saturated carbocycles. The van der Waals surface area contributed by atoms with Crippen LogP contribution in [-0.2, 0) is 0 Å². The standard InChI is InChI=1S/C17H14F4N4O/c1-9-7-14(11-3-5-12(18)6-4-11)24-15-13(8-22-25(9)15)16(26)23-10(2)17(19,20)21/h3-8,10H,1-2H3,(H,23,26)/t10-/m1/s1. The zero-order valence-electron chi connectivity index (χ0n) is 13.8. The fourth-order valence-corrected chi connectivity index (χ4v) is 2.40. The molecule has 3 aromatic rings. The second-order valence-corrected chi connectivity index (χ2v) is 5.82. The van der Waals surface area contributed by atoms with E-state index in [0.29, 0.717) is 17.0 Å². The Labute approximate surface area is 145 Å². The number of alkyl halides is 3. The van der Waals surface area contributed by atoms with Gasteiger partial charge < -0.3 is 5.32 Å². The van der Waals surface area contributed by atoms with Crippen molar-refractivity contribution in [3.63, 3.8) is 0 Å². The van der Waals surface area contributed by atoms with E-state index < -0.39 is 23.9 Å². The lowest BCUT2D eigenvalue weighted by atomic mass is 10.1. The molecule has 0 bridgehead atoms. The predicted octanol–water partition coefficient (Wildman–Crippen LogP) is 3.52. The Balaban J connectivity index is 2.02. The number of amides is 1. The van der Waals surface area contributed by atoms with E-state index in [1.165, 1.54) is 35.0 Å². The molecule has 9 heteroatoms. The minimum Gasteiger partial charge on any atom is -0.340 e. The van der Waals surface area contributed by atoms with Gasteiger partial charge in [-0.1, -0.05) is 0 Å². The molecule has 1 atom stereocenters. The van der Waals surface area contributed by atoms with Gasteiger partial charge in [0.2, 0.25) is 0 Å². The minimum absolute atomic E-state index is 0.0758. The molecule has 2 heterocycles. The second-order valence-electron chi connectivity index (χ2n) is 5.82. The molecule has 0 aliphatic carbocycles. The molecule has 0 aliphatic rings. The van der Waals surface area contributed by atoms with Crippen LogP contribution < -0.4 is 5.32 Å². The number of hydrogen-bond donors (Lipinski definition) is 1. The first kappa shape index (κ1) is 17.8. The van der Waals surface area contributed by atoms with Crippen LogP contribution in [-0.4, -0.2) is 32.7 Å². The zero-order valence-corrected chi connectivity index (χ0v) is 13.8. The molecule has 0 saturated heterocycles. The van der Waals surface area contributed by atoms with Crippen LogP contribution in [0.3, 0.4) is 0 Å². The van der Waals surface area contributed by atoms with Gasteiger partial charge in [0.25, 0.3) is 5.91 Å². The number of rotatable bonds is 3. The fraction of sp³-hybridized carbons (Fsp3) is 0.235. The van der Waals surface area contributed by atoms with Gasteiger partial charge in [0.15, 0.2) is 5.65 Å². The molecule has 1 N–H and O–H groups in total. The van der Waals surface area contributed by atoms with Crippen molar-refractivity contribution in [1.29, 1.82) is 0 Å². The van der Waals surface area contributed by atoms with Gasteiger partial charge in [-0.25, -0.2) is 13.9 Å². The van der Waals surface area contributed by atoms with Crippen LogP contribution in [0.5, 0.6) is 0 Å². The molecule has 3 rings (SSSR count). The highest BCUT2D eigenvalue weighted by Crippen LogP contribution is 2.23. The molecule has 136 valence electrons. The average Bonchev–Trinajstić information content (AvgIpc) is 2.99. The number of aromatic nitrogens is 3. The predicted molar refractivity (Wildman–Crippen MR) is 86.1 cm³/mol. The van der Waals surface area contributed by atoms with E-state index in [1.54, 1.807) is 13.0 Å². The smallest absolute Gasteiger partial charge is 0.340 e. The van der Waals surface area contributed by atoms with Crippen molar-refractivity contribution in [3.05, 3.63) is 53.6 Å². The Morgan fingerprint density at radius 1 is 1.23 bits per heavy atom. The SMILES string of the molecule is Cc1cc(-c2ccc(F)cc2)nc2c(C(=O)N[C@H](C)C(F)(F)F)cnn12. The van der Waals surface area contributed by atoms with E-state index in [-0.39, 0.29) is 11.2 Å². The fourth-order valence-electron chi connectivity index (χ4n) is 2.40. The quantitative estimate of drug-likeness (QED) is 0.722. The molecular formula is C17H14F4N4O. The van der Waals surface area contributed by atoms with E-state index in [9.17, 15) is 22.4 Å². The van der Waals surface area contributed by atoms with E-state index in [4.69, 9.17) is 0 Å². The molecule has 26 heavy (non-hydrogen) atoms. The second kappa shape index (κ2) is 6.40. The van der Waals surface area contributed by atoms with Crippen molar-refractivity contribution < 1.29 is 22.4 Å². The number of nitrogens with one attached hydrogen (secondary N) is 1. The van der Waals surface area contributed by atoms with Crippen molar-refractivity contribution in [2.24, 2.45) is 0 Å². The summed E-state index contributed by atoms with van der Waals surface area (Å²) in [6.07, 6.45) is -3.39. The van der Waals surface area contributed by atoms with Gasteiger partial charge in [0.05, 0.1) is 11.9 Å². The van der Waals surface area contributed by atoms with Gasteiger partial charge in [0.1, 0.15) is 17.4 Å². The van der Waals surface area contributed by atoms with Crippen molar-refractivity contribution in [2.75, 3.05) is 0 Å². The third-order valence-corrected chi connectivity index (χ3v) is 3.87. The van der Waals surface area contributed by atoms with Crippen LogP contribution in [0.15, 0.2) is 36.5 Å². The van der Waals surface area contributed by atoms with Gasteiger partial charge in [0, 0.05) is 11.3 Å². The average molecular weight is 366 g/mol. The number of nitrogens with zero attached hydrogens (tertiary/aromatic N) is 3. The lowest BCUT2D eigenvalue weighted by molar-refractivity contribution is -0.149. The summed E-state index contributed by atoms with van der Waals surface area (Å²) < 4.78 is 52.5. The molecule has 0 fully saturated rings. The first-order chi connectivity index (χ1) is 12.2. The Bertz CT molecular complexity index is 963. The highest BCUT2D eigenvalue weighted by Gasteiger charge is 2.37. The van der Waals surface area contributed by atoms with Crippen molar-refractivity contribution >= 4 is 11.6 Å². The third-order valence-electron chi connectivity index (χ3n) is 3.87. The lowest BCUT2D eigenvalue weighted by Gasteiger charge is -2.16. The van der Waals surface area contributed by atoms with Crippen LogP contribution in [0, 0.1) is 12.7 Å². The van der Waals surface area contributed by atoms with Crippen LogP contribution >= 0.6 is 0 Å². The lowest BCUT2D eigenvalue weighted by Crippen LogP contribution is -2.43. The molecule has 0 radical (unpaired) electrons. The number of carbonyl (C=O) groups is 1. The zero-order chi connectivity index (χ0) is 19.1. The van der Waals surface area contributed by atoms with Crippen LogP contribution in [0.1, 0.15) is 23.0 Å². The first-order valence-corrected chi connectivity index (χ1v) is 7.65. The maximum absolute atomic E-state index is 13.1. The summed E-state index contributed by atoms with van der Waals surface area (Å²) in [5, 5.41) is 5.90. The Hall–Kier alpha value is -2.97. The van der Waals surface area contributed by atoms with E-state index in [2.05, 4.69) is 10.1 Å². The summed E-state index contributed by atoms with van der Waals surface area (Å²) >= 11 is 0. The van der Waals surface area contributed by atoms with Crippen LogP contribution in [0.25, 0.3) is 16.9 Å². The number of aryl methyl sites for hydroxylation is 1. The monoisotopic (exact) mass is 366 g/mol. The van der Waals surface area contributed by atoms with Crippen LogP contribution in [0.2, 0.25) is 0 Å². The number of carbonyl (C=O) groups excluding carboxylic acids is 1. The van der Waals surface area contributed by atoms with Gasteiger partial charge >= 0.3 is 6.18 Å². The summed E-state index contributed by atoms with van der Waals surface area (Å²) in [5.41, 5.74) is 1.73. The van der Waals surface area contributed by atoms with Crippen molar-refractivity contribution in [2.45, 2.75) is 26.1 Å². The number of benzene rings is 1. The Morgan fingerprint density at radius 2 is 1.88 bits per heavy atom. The highest BCUT2D eigenvalue weighted by molar-refractivity contribution is 6.00. The van der Waals surface area contributed by atoms with Gasteiger partial charge in [-0.3, -0.25) is 4.79 Å². The molecule has 0 unspecified atom stereocenters. The molecule has 0 aliphatic heterocycles. The van der Waals surface area contributed by atoms with E-state index >= 15 is 0 Å². The highest BCUT2D eigenvalue weighted by atomic mass is 19.4. The minimum atomic E-state index is -4.55. The maximum Gasteiger partial charge on any atom is 0.408 e. The van der Waals surface area contributed by atoms with E-state index in [0.717, 1.165) is 6.92 Å². The topological polar surface area (TPSA) is 59.3 Å². The molecular weight excluding hydrogens is 352 g/mol. The normalized spacial score (nSPS) is 13.0. The summed E-state index contributed by atoms with van der Waals surface area (Å²) in [6, 6.07) is 5.27. The Morgan fingerprint density at radius 3 is 2.50 bits per heavy atom. The molecule has 0 spiro atoms. The molecule has 2 aromatic heterocycles. The summed E-state index contributed by atoms with van der Waals surface area (Å²) in [5.74, 6) is -1.33. The van der Waals surface area contributed by atoms with E-state index in [1.807, 2.05) is 5.32 Å². The number of fused-ring (bicyclic) bond motifs is 1. The largest absolute Gasteiger partial charge is 0.408 e. The van der Waals surface area contributed by atoms with Crippen LogP contribution in [0.4, 0.5) is 17.6 Å². The summed E-state index contributed by atoms with van der Waals surface area (Å²) in [7, 11) is 0. The molecule has 5 nitrogen and oxygen atoms in total. The van der Waals surface area contributed by atoms with Gasteiger partial charge in [-0.2, -0.15) is 18.3 Å². The Kier molecular flexibility index (Phi) is 4.39. The van der Waals surface area contributed by atoms with Gasteiger partial charge in [-0.15, -0.1) is 0 Å². The molecule has 1 aromatic carbocycles. The third kappa shape index (κ3) is 3.37. The number of hydrogen-bond acceptors (Lipinski definition) is 3.